The van der Waals surface area contributed by atoms with E-state index in [9.17, 15) is 14.4 Å². The van der Waals surface area contributed by atoms with Crippen molar-refractivity contribution in [2.24, 2.45) is 0 Å². The summed E-state index contributed by atoms with van der Waals surface area (Å²) in [6.07, 6.45) is 4.34. The molecule has 0 saturated carbocycles. The van der Waals surface area contributed by atoms with Crippen molar-refractivity contribution in [3.63, 3.8) is 0 Å². The van der Waals surface area contributed by atoms with Gasteiger partial charge in [-0.25, -0.2) is 4.79 Å². The fourth-order valence-corrected chi connectivity index (χ4v) is 2.82. The number of aromatic amines is 2. The van der Waals surface area contributed by atoms with E-state index in [-0.39, 0.29) is 12.1 Å². The number of carbonyl (C=O) groups is 1. The van der Waals surface area contributed by atoms with E-state index in [0.29, 0.717) is 11.4 Å². The molecule has 3 N–H and O–H groups in total. The number of anilines is 1. The molecular formula is C20H16N6O3. The molecule has 29 heavy (non-hydrogen) atoms. The lowest BCUT2D eigenvalue weighted by Gasteiger charge is -2.08. The van der Waals surface area contributed by atoms with E-state index in [2.05, 4.69) is 25.5 Å². The van der Waals surface area contributed by atoms with Crippen LogP contribution in [0.5, 0.6) is 0 Å². The van der Waals surface area contributed by atoms with Crippen LogP contribution in [-0.4, -0.2) is 30.6 Å². The Morgan fingerprint density at radius 2 is 1.86 bits per heavy atom. The lowest BCUT2D eigenvalue weighted by Crippen LogP contribution is -2.39. The van der Waals surface area contributed by atoms with Gasteiger partial charge in [-0.1, -0.05) is 18.2 Å². The van der Waals surface area contributed by atoms with Crippen molar-refractivity contribution >= 4 is 11.6 Å². The third-order valence-corrected chi connectivity index (χ3v) is 4.31. The highest BCUT2D eigenvalue weighted by molar-refractivity contribution is 6.03. The standard InChI is InChI=1S/C20H16N6O3/c27-18(24-14-6-4-13(5-7-14)17-8-10-23-25-17)16-11-22-20(29)26(19(16)28)12-15-3-1-2-9-21-15/h1-11H,12H2,(H,22,29)(H,23,25)(H,24,27). The van der Waals surface area contributed by atoms with Crippen molar-refractivity contribution in [1.29, 1.82) is 0 Å². The van der Waals surface area contributed by atoms with Crippen LogP contribution in [0, 0.1) is 0 Å². The molecule has 0 atom stereocenters. The number of H-pyrrole nitrogens is 2. The maximum atomic E-state index is 12.7. The number of hydrogen-bond donors (Lipinski definition) is 3. The fourth-order valence-electron chi connectivity index (χ4n) is 2.82. The quantitative estimate of drug-likeness (QED) is 0.479. The first kappa shape index (κ1) is 18.1. The van der Waals surface area contributed by atoms with E-state index in [1.54, 1.807) is 42.7 Å². The van der Waals surface area contributed by atoms with Crippen molar-refractivity contribution in [3.05, 3.63) is 99.2 Å². The maximum Gasteiger partial charge on any atom is 0.328 e. The van der Waals surface area contributed by atoms with Gasteiger partial charge in [0.1, 0.15) is 5.56 Å². The summed E-state index contributed by atoms with van der Waals surface area (Å²) < 4.78 is 0.943. The SMILES string of the molecule is O=C(Nc1ccc(-c2ccn[nH]2)cc1)c1c[nH]c(=O)n(Cc2ccccn2)c1=O. The topological polar surface area (TPSA) is 126 Å². The molecule has 0 radical (unpaired) electrons. The highest BCUT2D eigenvalue weighted by Gasteiger charge is 2.15. The summed E-state index contributed by atoms with van der Waals surface area (Å²) in [5.74, 6) is -0.615. The van der Waals surface area contributed by atoms with Crippen LogP contribution < -0.4 is 16.6 Å². The minimum absolute atomic E-state index is 0.0327. The van der Waals surface area contributed by atoms with Crippen LogP contribution in [0.3, 0.4) is 0 Å². The van der Waals surface area contributed by atoms with Crippen molar-refractivity contribution in [2.45, 2.75) is 6.54 Å². The van der Waals surface area contributed by atoms with Gasteiger partial charge in [0, 0.05) is 24.3 Å². The number of benzene rings is 1. The summed E-state index contributed by atoms with van der Waals surface area (Å²) in [6, 6.07) is 14.1. The molecule has 0 spiro atoms. The second kappa shape index (κ2) is 7.77. The fraction of sp³-hybridized carbons (Fsp3) is 0.0500. The number of nitrogens with zero attached hydrogens (tertiary/aromatic N) is 3. The molecule has 3 aromatic heterocycles. The molecule has 0 bridgehead atoms. The van der Waals surface area contributed by atoms with Crippen LogP contribution in [0.1, 0.15) is 16.1 Å². The third kappa shape index (κ3) is 3.88. The summed E-state index contributed by atoms with van der Waals surface area (Å²) in [5, 5.41) is 9.42. The first-order valence-corrected chi connectivity index (χ1v) is 8.75. The summed E-state index contributed by atoms with van der Waals surface area (Å²) in [6.45, 7) is -0.0327. The number of carbonyl (C=O) groups excluding carboxylic acids is 1. The van der Waals surface area contributed by atoms with Gasteiger partial charge in [-0.3, -0.25) is 24.2 Å². The van der Waals surface area contributed by atoms with E-state index in [1.807, 2.05) is 18.2 Å². The van der Waals surface area contributed by atoms with Gasteiger partial charge in [-0.15, -0.1) is 0 Å². The number of hydrogen-bond acceptors (Lipinski definition) is 5. The molecule has 0 saturated heterocycles. The molecule has 1 aromatic carbocycles. The van der Waals surface area contributed by atoms with Crippen LogP contribution in [0.4, 0.5) is 5.69 Å². The van der Waals surface area contributed by atoms with Crippen LogP contribution in [0.25, 0.3) is 11.3 Å². The van der Waals surface area contributed by atoms with E-state index in [0.717, 1.165) is 22.0 Å². The van der Waals surface area contributed by atoms with Crippen LogP contribution in [0.2, 0.25) is 0 Å². The Labute approximate surface area is 164 Å². The number of nitrogens with one attached hydrogen (secondary N) is 3. The number of rotatable bonds is 5. The van der Waals surface area contributed by atoms with Gasteiger partial charge < -0.3 is 10.3 Å². The van der Waals surface area contributed by atoms with E-state index in [1.165, 1.54) is 0 Å². The zero-order valence-corrected chi connectivity index (χ0v) is 15.1. The van der Waals surface area contributed by atoms with E-state index >= 15 is 0 Å². The molecule has 0 fully saturated rings. The molecule has 144 valence electrons. The summed E-state index contributed by atoms with van der Waals surface area (Å²) in [7, 11) is 0. The highest BCUT2D eigenvalue weighted by atomic mass is 16.2. The average Bonchev–Trinajstić information content (AvgIpc) is 3.27. The first-order valence-electron chi connectivity index (χ1n) is 8.75. The molecule has 4 aromatic rings. The van der Waals surface area contributed by atoms with Crippen molar-refractivity contribution in [3.8, 4) is 11.3 Å². The van der Waals surface area contributed by atoms with E-state index < -0.39 is 17.2 Å². The smallest absolute Gasteiger partial charge is 0.322 e. The summed E-state index contributed by atoms with van der Waals surface area (Å²) in [4.78, 5) is 43.9. The second-order valence-electron chi connectivity index (χ2n) is 6.22. The highest BCUT2D eigenvalue weighted by Crippen LogP contribution is 2.19. The first-order chi connectivity index (χ1) is 14.1. The molecule has 1 amide bonds. The summed E-state index contributed by atoms with van der Waals surface area (Å²) >= 11 is 0. The normalized spacial score (nSPS) is 10.6. The Morgan fingerprint density at radius 3 is 2.55 bits per heavy atom. The zero-order valence-electron chi connectivity index (χ0n) is 15.1. The lowest BCUT2D eigenvalue weighted by atomic mass is 10.1. The molecule has 9 heteroatoms. The molecule has 9 nitrogen and oxygen atoms in total. The molecule has 3 heterocycles. The van der Waals surface area contributed by atoms with Crippen molar-refractivity contribution in [2.75, 3.05) is 5.32 Å². The maximum absolute atomic E-state index is 12.7. The Kier molecular flexibility index (Phi) is 4.85. The molecule has 0 unspecified atom stereocenters. The van der Waals surface area contributed by atoms with Gasteiger partial charge in [-0.05, 0) is 35.9 Å². The largest absolute Gasteiger partial charge is 0.328 e. The monoisotopic (exact) mass is 388 g/mol. The average molecular weight is 388 g/mol. The number of aromatic nitrogens is 5. The van der Waals surface area contributed by atoms with Gasteiger partial charge in [0.25, 0.3) is 11.5 Å². The molecular weight excluding hydrogens is 372 g/mol. The van der Waals surface area contributed by atoms with Crippen molar-refractivity contribution < 1.29 is 4.79 Å². The minimum Gasteiger partial charge on any atom is -0.322 e. The van der Waals surface area contributed by atoms with Gasteiger partial charge in [-0.2, -0.15) is 5.10 Å². The molecule has 0 aliphatic rings. The van der Waals surface area contributed by atoms with Crippen molar-refractivity contribution in [1.82, 2.24) is 24.7 Å². The Morgan fingerprint density at radius 1 is 1.03 bits per heavy atom. The van der Waals surface area contributed by atoms with E-state index in [4.69, 9.17) is 0 Å². The molecule has 0 aliphatic carbocycles. The minimum atomic E-state index is -0.689. The van der Waals surface area contributed by atoms with Gasteiger partial charge in [0.15, 0.2) is 0 Å². The third-order valence-electron chi connectivity index (χ3n) is 4.31. The number of pyridine rings is 1. The van der Waals surface area contributed by atoms with Crippen LogP contribution in [0.15, 0.2) is 76.7 Å². The zero-order chi connectivity index (χ0) is 20.2. The number of amides is 1. The van der Waals surface area contributed by atoms with Gasteiger partial charge in [0.05, 0.1) is 17.9 Å². The predicted octanol–water partition coefficient (Wildman–Crippen LogP) is 1.62. The predicted molar refractivity (Wildman–Crippen MR) is 107 cm³/mol. The lowest BCUT2D eigenvalue weighted by molar-refractivity contribution is 0.102. The Bertz CT molecular complexity index is 1240. The molecule has 0 aliphatic heterocycles. The Hall–Kier alpha value is -4.27. The van der Waals surface area contributed by atoms with Crippen LogP contribution in [-0.2, 0) is 6.54 Å². The van der Waals surface area contributed by atoms with Crippen LogP contribution >= 0.6 is 0 Å². The second-order valence-corrected chi connectivity index (χ2v) is 6.22. The Balaban J connectivity index is 1.56. The van der Waals surface area contributed by atoms with Gasteiger partial charge >= 0.3 is 5.69 Å². The molecule has 4 rings (SSSR count). The van der Waals surface area contributed by atoms with Gasteiger partial charge in [0.2, 0.25) is 0 Å². The summed E-state index contributed by atoms with van der Waals surface area (Å²) in [5.41, 5.74) is 1.33.